The molecule has 2 N–H and O–H groups in total. The minimum Gasteiger partial charge on any atom is -0.393 e. The number of halogens is 2. The average Bonchev–Trinajstić information content (AvgIpc) is 3.27. The van der Waals surface area contributed by atoms with Crippen molar-refractivity contribution in [3.8, 4) is 0 Å². The Hall–Kier alpha value is -1.51. The summed E-state index contributed by atoms with van der Waals surface area (Å²) in [7, 11) is 1.91. The van der Waals surface area contributed by atoms with E-state index in [0.29, 0.717) is 11.3 Å². The third kappa shape index (κ3) is 3.19. The van der Waals surface area contributed by atoms with E-state index in [1.807, 2.05) is 17.7 Å². The van der Waals surface area contributed by atoms with Gasteiger partial charge in [-0.05, 0) is 68.1 Å². The Balaban J connectivity index is 1.39. The Labute approximate surface area is 188 Å². The molecule has 0 bridgehead atoms. The molecular weight excluding hydrogens is 469 g/mol. The highest BCUT2D eigenvalue weighted by molar-refractivity contribution is 9.10. The number of imidazole rings is 1. The van der Waals surface area contributed by atoms with Gasteiger partial charge in [0, 0.05) is 46.8 Å². The Kier molecular flexibility index (Phi) is 4.95. The van der Waals surface area contributed by atoms with E-state index in [-0.39, 0.29) is 41.6 Å². The largest absolute Gasteiger partial charge is 0.393 e. The topological polar surface area (TPSA) is 59.2 Å². The fraction of sp³-hybridized carbons (Fsp3) is 0.545. The van der Waals surface area contributed by atoms with Crippen molar-refractivity contribution in [3.63, 3.8) is 0 Å². The van der Waals surface area contributed by atoms with E-state index < -0.39 is 0 Å². The van der Waals surface area contributed by atoms with Gasteiger partial charge in [0.05, 0.1) is 12.5 Å². The predicted molar refractivity (Wildman–Crippen MR) is 117 cm³/mol. The van der Waals surface area contributed by atoms with Gasteiger partial charge in [-0.25, -0.2) is 4.39 Å². The zero-order chi connectivity index (χ0) is 21.2. The van der Waals surface area contributed by atoms with Gasteiger partial charge in [0.15, 0.2) is 4.77 Å². The van der Waals surface area contributed by atoms with Crippen LogP contribution < -0.4 is 5.32 Å². The highest BCUT2D eigenvalue weighted by atomic mass is 79.9. The van der Waals surface area contributed by atoms with Crippen LogP contribution >= 0.6 is 28.1 Å². The van der Waals surface area contributed by atoms with Crippen molar-refractivity contribution in [2.75, 3.05) is 0 Å². The SMILES string of the molecule is Cn1c(CC(=O)NC2CCC(O)CC2)c2n(c1=S)C[C@@]1(c3cc(Br)ccc3F)C[C@@H]21. The number of benzene rings is 1. The molecule has 160 valence electrons. The molecule has 1 aliphatic heterocycles. The minimum atomic E-state index is -0.254. The second kappa shape index (κ2) is 7.28. The predicted octanol–water partition coefficient (Wildman–Crippen LogP) is 3.86. The van der Waals surface area contributed by atoms with Crippen LogP contribution in [0.1, 0.15) is 55.0 Å². The third-order valence-corrected chi connectivity index (χ3v) is 8.20. The molecule has 2 heterocycles. The van der Waals surface area contributed by atoms with Crippen molar-refractivity contribution in [3.05, 3.63) is 50.2 Å². The van der Waals surface area contributed by atoms with Gasteiger partial charge in [0.1, 0.15) is 5.82 Å². The standard InChI is InChI=1S/C22H25BrFN3O2S/c1-26-18(9-19(29)25-13-3-5-14(28)6-4-13)20-16-10-22(16,11-27(20)21(26)30)15-8-12(23)2-7-17(15)24/h2,7-8,13-14,16,28H,3-6,9-11H2,1H3,(H,25,29)/t13?,14?,16-,22+/m0/s1. The Morgan fingerprint density at radius 1 is 1.37 bits per heavy atom. The summed E-state index contributed by atoms with van der Waals surface area (Å²) in [5, 5.41) is 12.8. The Morgan fingerprint density at radius 3 is 2.83 bits per heavy atom. The summed E-state index contributed by atoms with van der Waals surface area (Å²) in [5.74, 6) is -0.000436. The number of nitrogens with zero attached hydrogens (tertiary/aromatic N) is 2. The van der Waals surface area contributed by atoms with Crippen LogP contribution in [0, 0.1) is 10.6 Å². The van der Waals surface area contributed by atoms with E-state index >= 15 is 0 Å². The first-order chi connectivity index (χ1) is 14.3. The number of amides is 1. The maximum absolute atomic E-state index is 14.7. The summed E-state index contributed by atoms with van der Waals surface area (Å²) in [6.45, 7) is 0.662. The molecular formula is C22H25BrFN3O2S. The van der Waals surface area contributed by atoms with Crippen molar-refractivity contribution in [2.24, 2.45) is 7.05 Å². The zero-order valence-corrected chi connectivity index (χ0v) is 19.2. The van der Waals surface area contributed by atoms with Gasteiger partial charge in [-0.15, -0.1) is 0 Å². The van der Waals surface area contributed by atoms with Crippen LogP contribution in [0.15, 0.2) is 22.7 Å². The monoisotopic (exact) mass is 493 g/mol. The fourth-order valence-electron chi connectivity index (χ4n) is 5.51. The number of aromatic nitrogens is 2. The van der Waals surface area contributed by atoms with E-state index in [2.05, 4.69) is 25.8 Å². The Morgan fingerprint density at radius 2 is 2.10 bits per heavy atom. The fourth-order valence-corrected chi connectivity index (χ4v) is 6.15. The quantitative estimate of drug-likeness (QED) is 0.635. The molecule has 0 saturated heterocycles. The first-order valence-electron chi connectivity index (χ1n) is 10.5. The molecule has 30 heavy (non-hydrogen) atoms. The summed E-state index contributed by atoms with van der Waals surface area (Å²) >= 11 is 9.13. The lowest BCUT2D eigenvalue weighted by Crippen LogP contribution is -2.39. The number of carbonyl (C=O) groups excluding carboxylic acids is 1. The van der Waals surface area contributed by atoms with Gasteiger partial charge in [0.25, 0.3) is 0 Å². The average molecular weight is 494 g/mol. The van der Waals surface area contributed by atoms with Crippen LogP contribution in [0.25, 0.3) is 0 Å². The third-order valence-electron chi connectivity index (χ3n) is 7.21. The van der Waals surface area contributed by atoms with E-state index in [0.717, 1.165) is 53.5 Å². The molecule has 5 rings (SSSR count). The molecule has 1 aromatic carbocycles. The van der Waals surface area contributed by atoms with E-state index in [9.17, 15) is 14.3 Å². The molecule has 0 radical (unpaired) electrons. The zero-order valence-electron chi connectivity index (χ0n) is 16.8. The molecule has 2 saturated carbocycles. The first-order valence-corrected chi connectivity index (χ1v) is 11.7. The van der Waals surface area contributed by atoms with Gasteiger partial charge < -0.3 is 19.6 Å². The molecule has 0 unspecified atom stereocenters. The smallest absolute Gasteiger partial charge is 0.226 e. The van der Waals surface area contributed by atoms with Gasteiger partial charge in [-0.1, -0.05) is 15.9 Å². The molecule has 2 fully saturated rings. The van der Waals surface area contributed by atoms with Gasteiger partial charge in [-0.3, -0.25) is 4.79 Å². The van der Waals surface area contributed by atoms with Crippen molar-refractivity contribution in [2.45, 2.75) is 68.5 Å². The Bertz CT molecular complexity index is 1090. The summed E-state index contributed by atoms with van der Waals surface area (Å²) < 4.78 is 20.3. The highest BCUT2D eigenvalue weighted by Gasteiger charge is 2.63. The minimum absolute atomic E-state index is 0.0119. The van der Waals surface area contributed by atoms with Crippen LogP contribution in [0.5, 0.6) is 0 Å². The lowest BCUT2D eigenvalue weighted by atomic mass is 9.93. The van der Waals surface area contributed by atoms with E-state index in [1.165, 1.54) is 6.07 Å². The summed E-state index contributed by atoms with van der Waals surface area (Å²) in [4.78, 5) is 12.8. The molecule has 1 amide bonds. The van der Waals surface area contributed by atoms with Crippen molar-refractivity contribution in [1.82, 2.24) is 14.5 Å². The number of rotatable bonds is 4. The number of carbonyl (C=O) groups is 1. The van der Waals surface area contributed by atoms with Crippen LogP contribution in [0.4, 0.5) is 4.39 Å². The molecule has 3 aliphatic rings. The van der Waals surface area contributed by atoms with E-state index in [4.69, 9.17) is 12.2 Å². The molecule has 5 nitrogen and oxygen atoms in total. The molecule has 2 aromatic rings. The van der Waals surface area contributed by atoms with Gasteiger partial charge >= 0.3 is 0 Å². The van der Waals surface area contributed by atoms with E-state index in [1.54, 1.807) is 6.07 Å². The van der Waals surface area contributed by atoms with Crippen LogP contribution in [0.3, 0.4) is 0 Å². The summed E-state index contributed by atoms with van der Waals surface area (Å²) in [6.07, 6.45) is 4.01. The number of nitrogens with one attached hydrogen (secondary N) is 1. The summed E-state index contributed by atoms with van der Waals surface area (Å²) in [5.41, 5.74) is 2.51. The van der Waals surface area contributed by atoms with Gasteiger partial charge in [-0.2, -0.15) is 0 Å². The van der Waals surface area contributed by atoms with Gasteiger partial charge in [0.2, 0.25) is 5.91 Å². The molecule has 1 aromatic heterocycles. The maximum atomic E-state index is 14.7. The normalized spacial score (nSPS) is 29.4. The van der Waals surface area contributed by atoms with Crippen molar-refractivity contribution < 1.29 is 14.3 Å². The first kappa shape index (κ1) is 20.4. The second-order valence-electron chi connectivity index (χ2n) is 9.05. The number of fused-ring (bicyclic) bond motifs is 3. The van der Waals surface area contributed by atoms with Crippen LogP contribution in [-0.2, 0) is 30.2 Å². The molecule has 8 heteroatoms. The maximum Gasteiger partial charge on any atom is 0.226 e. The molecule has 0 spiro atoms. The molecule has 2 atom stereocenters. The van der Waals surface area contributed by atoms with Crippen molar-refractivity contribution >= 4 is 34.1 Å². The van der Waals surface area contributed by atoms with Crippen molar-refractivity contribution in [1.29, 1.82) is 0 Å². The number of aliphatic hydroxyl groups excluding tert-OH is 1. The lowest BCUT2D eigenvalue weighted by molar-refractivity contribution is -0.121. The second-order valence-corrected chi connectivity index (χ2v) is 10.3. The van der Waals surface area contributed by atoms with Crippen LogP contribution in [-0.4, -0.2) is 32.3 Å². The molecule has 2 aliphatic carbocycles. The summed E-state index contributed by atoms with van der Waals surface area (Å²) in [6, 6.07) is 5.25. The number of aliphatic hydroxyl groups is 1. The number of hydrogen-bond acceptors (Lipinski definition) is 3. The number of hydrogen-bond donors (Lipinski definition) is 2. The highest BCUT2D eigenvalue weighted by Crippen LogP contribution is 2.66. The van der Waals surface area contributed by atoms with Crippen LogP contribution in [0.2, 0.25) is 0 Å². The lowest BCUT2D eigenvalue weighted by Gasteiger charge is -2.26.